The van der Waals surface area contributed by atoms with Gasteiger partial charge in [0.2, 0.25) is 5.95 Å². The van der Waals surface area contributed by atoms with E-state index in [1.165, 1.54) is 37.1 Å². The zero-order valence-corrected chi connectivity index (χ0v) is 17.5. The number of aryl methyl sites for hydroxylation is 1. The third kappa shape index (κ3) is 5.76. The van der Waals surface area contributed by atoms with Gasteiger partial charge in [-0.15, -0.1) is 0 Å². The Balaban J connectivity index is 0.000000480. The first kappa shape index (κ1) is 23.3. The molecule has 1 atom stereocenters. The fraction of sp³-hybridized carbons (Fsp3) is 0.550. The number of fused-ring (bicyclic) bond motifs is 2. The monoisotopic (exact) mass is 418 g/mol. The Bertz CT molecular complexity index is 789. The van der Waals surface area contributed by atoms with Gasteiger partial charge in [-0.3, -0.25) is 9.59 Å². The number of carbonyl (C=O) groups is 2. The van der Waals surface area contributed by atoms with E-state index in [0.717, 1.165) is 32.0 Å². The molecule has 0 amide bonds. The van der Waals surface area contributed by atoms with E-state index in [9.17, 15) is 0 Å². The van der Waals surface area contributed by atoms with Crippen molar-refractivity contribution >= 4 is 18.9 Å². The molecule has 1 aliphatic carbocycles. The standard InChI is InChI=1S/C18H26N6.2CH2O2/c1-22(2)17-20-12-15-4-6-18(16(15)21-17)5-3-8-23(13-18)10-11-24-9-7-19-14-24;2*2-1-3/h7,9,12,14H,3-6,8,10-11,13H2,1-2H3;2*1H,(H,2,3). The van der Waals surface area contributed by atoms with Crippen molar-refractivity contribution in [3.63, 3.8) is 0 Å². The molecule has 0 saturated carbocycles. The lowest BCUT2D eigenvalue weighted by molar-refractivity contribution is -0.123. The predicted octanol–water partition coefficient (Wildman–Crippen LogP) is 1.12. The summed E-state index contributed by atoms with van der Waals surface area (Å²) in [5.41, 5.74) is 2.90. The molecule has 2 aromatic rings. The minimum absolute atomic E-state index is 0.232. The van der Waals surface area contributed by atoms with E-state index < -0.39 is 0 Å². The Morgan fingerprint density at radius 1 is 1.20 bits per heavy atom. The zero-order valence-electron chi connectivity index (χ0n) is 17.5. The number of carboxylic acid groups (broad SMARTS) is 2. The van der Waals surface area contributed by atoms with Gasteiger partial charge in [0.15, 0.2) is 0 Å². The van der Waals surface area contributed by atoms with Crippen molar-refractivity contribution < 1.29 is 19.8 Å². The maximum absolute atomic E-state index is 8.36. The van der Waals surface area contributed by atoms with Crippen LogP contribution in [0.4, 0.5) is 5.95 Å². The summed E-state index contributed by atoms with van der Waals surface area (Å²) in [4.78, 5) is 34.9. The normalized spacial score (nSPS) is 19.7. The minimum Gasteiger partial charge on any atom is -0.483 e. The van der Waals surface area contributed by atoms with Crippen molar-refractivity contribution in [3.8, 4) is 0 Å². The Kier molecular flexibility index (Phi) is 8.72. The Morgan fingerprint density at radius 2 is 1.93 bits per heavy atom. The van der Waals surface area contributed by atoms with Crippen LogP contribution in [0.2, 0.25) is 0 Å². The SMILES string of the molecule is CN(C)c1ncc2c(n1)C1(CCCN(CCn3ccnc3)C1)CC2.O=CO.O=CO. The molecule has 10 nitrogen and oxygen atoms in total. The molecule has 1 aliphatic heterocycles. The molecule has 0 aromatic carbocycles. The summed E-state index contributed by atoms with van der Waals surface area (Å²) >= 11 is 0. The molecule has 0 radical (unpaired) electrons. The molecule has 30 heavy (non-hydrogen) atoms. The van der Waals surface area contributed by atoms with Crippen molar-refractivity contribution in [2.75, 3.05) is 38.6 Å². The van der Waals surface area contributed by atoms with Gasteiger partial charge in [-0.2, -0.15) is 0 Å². The van der Waals surface area contributed by atoms with Gasteiger partial charge in [0.05, 0.1) is 12.0 Å². The molecule has 10 heteroatoms. The van der Waals surface area contributed by atoms with Crippen LogP contribution >= 0.6 is 0 Å². The third-order valence-electron chi connectivity index (χ3n) is 5.52. The van der Waals surface area contributed by atoms with Crippen LogP contribution < -0.4 is 4.90 Å². The number of hydrogen-bond donors (Lipinski definition) is 2. The van der Waals surface area contributed by atoms with Gasteiger partial charge >= 0.3 is 0 Å². The number of likely N-dealkylation sites (tertiary alicyclic amines) is 1. The lowest BCUT2D eigenvalue weighted by Crippen LogP contribution is -2.46. The average Bonchev–Trinajstić information content (AvgIpc) is 3.37. The van der Waals surface area contributed by atoms with Gasteiger partial charge in [0.25, 0.3) is 12.9 Å². The van der Waals surface area contributed by atoms with Crippen LogP contribution in [0.1, 0.15) is 30.5 Å². The predicted molar refractivity (Wildman–Crippen MR) is 112 cm³/mol. The summed E-state index contributed by atoms with van der Waals surface area (Å²) in [6.07, 6.45) is 12.7. The van der Waals surface area contributed by atoms with Crippen LogP contribution in [0.3, 0.4) is 0 Å². The fourth-order valence-corrected chi connectivity index (χ4v) is 4.24. The molecular formula is C20H30N6O4. The van der Waals surface area contributed by atoms with Gasteiger partial charge in [0.1, 0.15) is 0 Å². The van der Waals surface area contributed by atoms with Crippen molar-refractivity contribution in [2.45, 2.75) is 37.6 Å². The number of anilines is 1. The van der Waals surface area contributed by atoms with Gasteiger partial charge in [-0.25, -0.2) is 15.0 Å². The quantitative estimate of drug-likeness (QED) is 0.703. The smallest absolute Gasteiger partial charge is 0.290 e. The summed E-state index contributed by atoms with van der Waals surface area (Å²) in [6.45, 7) is 3.91. The summed E-state index contributed by atoms with van der Waals surface area (Å²) in [5, 5.41) is 13.8. The molecule has 0 bridgehead atoms. The molecule has 1 saturated heterocycles. The van der Waals surface area contributed by atoms with Gasteiger partial charge in [-0.1, -0.05) is 0 Å². The number of rotatable bonds is 4. The maximum Gasteiger partial charge on any atom is 0.290 e. The molecule has 1 spiro atoms. The minimum atomic E-state index is -0.250. The van der Waals surface area contributed by atoms with Crippen molar-refractivity contribution in [2.24, 2.45) is 0 Å². The first-order valence-electron chi connectivity index (χ1n) is 9.87. The highest BCUT2D eigenvalue weighted by Gasteiger charge is 2.43. The first-order valence-corrected chi connectivity index (χ1v) is 9.87. The maximum atomic E-state index is 8.36. The number of piperidine rings is 1. The van der Waals surface area contributed by atoms with E-state index in [1.54, 1.807) is 0 Å². The molecule has 3 heterocycles. The van der Waals surface area contributed by atoms with E-state index in [2.05, 4.69) is 25.6 Å². The number of hydrogen-bond acceptors (Lipinski definition) is 7. The molecule has 4 rings (SSSR count). The topological polar surface area (TPSA) is 125 Å². The summed E-state index contributed by atoms with van der Waals surface area (Å²) < 4.78 is 2.16. The second-order valence-electron chi connectivity index (χ2n) is 7.61. The van der Waals surface area contributed by atoms with Gasteiger partial charge < -0.3 is 24.6 Å². The van der Waals surface area contributed by atoms with Crippen LogP contribution in [-0.2, 0) is 28.0 Å². The lowest BCUT2D eigenvalue weighted by atomic mass is 9.77. The molecule has 2 N–H and O–H groups in total. The molecule has 2 aromatic heterocycles. The highest BCUT2D eigenvalue weighted by atomic mass is 16.3. The zero-order chi connectivity index (χ0) is 22.0. The van der Waals surface area contributed by atoms with Crippen LogP contribution in [0.5, 0.6) is 0 Å². The Hall–Kier alpha value is -3.01. The molecule has 1 fully saturated rings. The second-order valence-corrected chi connectivity index (χ2v) is 7.61. The van der Waals surface area contributed by atoms with Gasteiger partial charge in [-0.05, 0) is 37.8 Å². The van der Waals surface area contributed by atoms with Gasteiger partial charge in [0, 0.05) is 57.7 Å². The van der Waals surface area contributed by atoms with E-state index in [4.69, 9.17) is 24.8 Å². The van der Waals surface area contributed by atoms with E-state index in [-0.39, 0.29) is 18.4 Å². The average molecular weight is 418 g/mol. The Labute approximate surface area is 176 Å². The van der Waals surface area contributed by atoms with Crippen molar-refractivity contribution in [1.29, 1.82) is 0 Å². The summed E-state index contributed by atoms with van der Waals surface area (Å²) in [7, 11) is 4.03. The number of nitrogens with zero attached hydrogens (tertiary/aromatic N) is 6. The van der Waals surface area contributed by atoms with Crippen LogP contribution in [-0.4, -0.2) is 81.3 Å². The second kappa shape index (κ2) is 11.2. The Morgan fingerprint density at radius 3 is 2.57 bits per heavy atom. The molecular weight excluding hydrogens is 388 g/mol. The highest BCUT2D eigenvalue weighted by Crippen LogP contribution is 2.44. The number of aromatic nitrogens is 4. The fourth-order valence-electron chi connectivity index (χ4n) is 4.24. The molecule has 1 unspecified atom stereocenters. The summed E-state index contributed by atoms with van der Waals surface area (Å²) in [6, 6.07) is 0. The van der Waals surface area contributed by atoms with Crippen LogP contribution in [0.25, 0.3) is 0 Å². The van der Waals surface area contributed by atoms with Crippen LogP contribution in [0.15, 0.2) is 24.9 Å². The van der Waals surface area contributed by atoms with E-state index >= 15 is 0 Å². The third-order valence-corrected chi connectivity index (χ3v) is 5.52. The van der Waals surface area contributed by atoms with E-state index in [1.807, 2.05) is 37.7 Å². The molecule has 2 aliphatic rings. The lowest BCUT2D eigenvalue weighted by Gasteiger charge is -2.40. The largest absolute Gasteiger partial charge is 0.483 e. The van der Waals surface area contributed by atoms with Crippen molar-refractivity contribution in [3.05, 3.63) is 36.2 Å². The number of imidazole rings is 1. The highest BCUT2D eigenvalue weighted by molar-refractivity contribution is 5.39. The van der Waals surface area contributed by atoms with E-state index in [0.29, 0.717) is 0 Å². The van der Waals surface area contributed by atoms with Crippen LogP contribution in [0, 0.1) is 0 Å². The summed E-state index contributed by atoms with van der Waals surface area (Å²) in [5.74, 6) is 0.838. The molecule has 164 valence electrons. The first-order chi connectivity index (χ1) is 14.5. The van der Waals surface area contributed by atoms with Crippen molar-refractivity contribution in [1.82, 2.24) is 24.4 Å².